The van der Waals surface area contributed by atoms with E-state index in [0.717, 1.165) is 11.3 Å². The lowest BCUT2D eigenvalue weighted by atomic mass is 10.2. The monoisotopic (exact) mass is 383 g/mol. The van der Waals surface area contributed by atoms with Crippen LogP contribution >= 0.6 is 24.0 Å². The predicted octanol–water partition coefficient (Wildman–Crippen LogP) is 3.25. The van der Waals surface area contributed by atoms with Gasteiger partial charge in [0.25, 0.3) is 0 Å². The molecule has 106 valence electrons. The van der Waals surface area contributed by atoms with Crippen LogP contribution in [0.1, 0.15) is 11.1 Å². The van der Waals surface area contributed by atoms with Crippen molar-refractivity contribution in [2.24, 2.45) is 10.7 Å². The Kier molecular flexibility index (Phi) is 6.30. The molecular formula is C15H18IN3O. The molecule has 0 amide bonds. The van der Waals surface area contributed by atoms with Crippen molar-refractivity contribution in [1.82, 2.24) is 0 Å². The van der Waals surface area contributed by atoms with Gasteiger partial charge < -0.3 is 16.2 Å². The molecule has 0 aliphatic carbocycles. The van der Waals surface area contributed by atoms with Crippen molar-refractivity contribution in [3.63, 3.8) is 0 Å². The molecule has 2 aromatic rings. The van der Waals surface area contributed by atoms with Gasteiger partial charge in [-0.05, 0) is 36.8 Å². The molecule has 0 aromatic heterocycles. The van der Waals surface area contributed by atoms with E-state index in [1.807, 2.05) is 43.3 Å². The van der Waals surface area contributed by atoms with E-state index in [9.17, 15) is 5.11 Å². The molecule has 20 heavy (non-hydrogen) atoms. The zero-order chi connectivity index (χ0) is 13.7. The minimum absolute atomic E-state index is 0. The van der Waals surface area contributed by atoms with Crippen LogP contribution < -0.4 is 11.1 Å². The number of guanidine groups is 1. The molecule has 0 atom stereocenters. The van der Waals surface area contributed by atoms with Gasteiger partial charge in [0.1, 0.15) is 5.75 Å². The summed E-state index contributed by atoms with van der Waals surface area (Å²) in [6, 6.07) is 14.8. The third-order valence-corrected chi connectivity index (χ3v) is 2.69. The van der Waals surface area contributed by atoms with Crippen molar-refractivity contribution in [3.8, 4) is 5.75 Å². The van der Waals surface area contributed by atoms with Crippen molar-refractivity contribution in [1.29, 1.82) is 0 Å². The summed E-state index contributed by atoms with van der Waals surface area (Å²) in [5.74, 6) is 0.621. The first-order valence-electron chi connectivity index (χ1n) is 6.05. The van der Waals surface area contributed by atoms with Gasteiger partial charge in [0.2, 0.25) is 0 Å². The van der Waals surface area contributed by atoms with Gasteiger partial charge in [0.05, 0.1) is 6.54 Å². The zero-order valence-corrected chi connectivity index (χ0v) is 13.5. The lowest BCUT2D eigenvalue weighted by Gasteiger charge is -2.06. The summed E-state index contributed by atoms with van der Waals surface area (Å²) in [6.45, 7) is 2.51. The number of nitrogens with one attached hydrogen (secondary N) is 1. The minimum Gasteiger partial charge on any atom is -0.508 e. The molecule has 0 heterocycles. The molecule has 4 nitrogen and oxygen atoms in total. The maximum Gasteiger partial charge on any atom is 0.193 e. The predicted molar refractivity (Wildman–Crippen MR) is 93.6 cm³/mol. The smallest absolute Gasteiger partial charge is 0.193 e. The number of benzene rings is 2. The Labute approximate surface area is 135 Å². The summed E-state index contributed by atoms with van der Waals surface area (Å²) in [6.07, 6.45) is 0. The summed E-state index contributed by atoms with van der Waals surface area (Å²) < 4.78 is 0. The number of phenols is 1. The van der Waals surface area contributed by atoms with E-state index in [2.05, 4.69) is 10.3 Å². The van der Waals surface area contributed by atoms with E-state index in [1.54, 1.807) is 12.1 Å². The third-order valence-electron chi connectivity index (χ3n) is 2.69. The van der Waals surface area contributed by atoms with Crippen LogP contribution in [0.3, 0.4) is 0 Å². The van der Waals surface area contributed by atoms with E-state index in [0.29, 0.717) is 12.5 Å². The van der Waals surface area contributed by atoms with E-state index in [4.69, 9.17) is 5.73 Å². The summed E-state index contributed by atoms with van der Waals surface area (Å²) in [5.41, 5.74) is 8.92. The fourth-order valence-electron chi connectivity index (χ4n) is 1.60. The second-order valence-corrected chi connectivity index (χ2v) is 4.36. The van der Waals surface area contributed by atoms with Crippen LogP contribution in [0.5, 0.6) is 5.75 Å². The van der Waals surface area contributed by atoms with E-state index in [1.165, 1.54) is 5.56 Å². The lowest BCUT2D eigenvalue weighted by molar-refractivity contribution is 0.475. The number of halogens is 1. The molecule has 0 unspecified atom stereocenters. The highest BCUT2D eigenvalue weighted by molar-refractivity contribution is 14.0. The molecule has 2 rings (SSSR count). The molecule has 5 heteroatoms. The number of aromatic hydroxyl groups is 1. The standard InChI is InChI=1S/C15H17N3O.HI/c1-11-2-6-13(7-3-11)18-15(16)17-10-12-4-8-14(19)9-5-12;/h2-9,19H,10H2,1H3,(H3,16,17,18);1H. The first-order valence-corrected chi connectivity index (χ1v) is 6.05. The van der Waals surface area contributed by atoms with Crippen LogP contribution in [0.4, 0.5) is 5.69 Å². The van der Waals surface area contributed by atoms with Gasteiger partial charge in [0.15, 0.2) is 5.96 Å². The lowest BCUT2D eigenvalue weighted by Crippen LogP contribution is -2.22. The summed E-state index contributed by atoms with van der Waals surface area (Å²) in [4.78, 5) is 4.24. The van der Waals surface area contributed by atoms with Crippen molar-refractivity contribution in [2.45, 2.75) is 13.5 Å². The Hall–Kier alpha value is -1.76. The molecule has 4 N–H and O–H groups in total. The van der Waals surface area contributed by atoms with Crippen LogP contribution in [0.25, 0.3) is 0 Å². The molecule has 0 aliphatic heterocycles. The van der Waals surface area contributed by atoms with Gasteiger partial charge in [-0.15, -0.1) is 24.0 Å². The molecular weight excluding hydrogens is 365 g/mol. The molecule has 0 fully saturated rings. The zero-order valence-electron chi connectivity index (χ0n) is 11.2. The van der Waals surface area contributed by atoms with E-state index >= 15 is 0 Å². The molecule has 2 aromatic carbocycles. The number of nitrogens with two attached hydrogens (primary N) is 1. The average Bonchev–Trinajstić information content (AvgIpc) is 2.41. The topological polar surface area (TPSA) is 70.6 Å². The molecule has 0 bridgehead atoms. The Balaban J connectivity index is 0.00000200. The largest absolute Gasteiger partial charge is 0.508 e. The second-order valence-electron chi connectivity index (χ2n) is 4.36. The number of aryl methyl sites for hydroxylation is 1. The van der Waals surface area contributed by atoms with E-state index < -0.39 is 0 Å². The van der Waals surface area contributed by atoms with E-state index in [-0.39, 0.29) is 29.7 Å². The maximum absolute atomic E-state index is 9.18. The number of hydrogen-bond acceptors (Lipinski definition) is 2. The first kappa shape index (κ1) is 16.3. The fourth-order valence-corrected chi connectivity index (χ4v) is 1.60. The molecule has 0 spiro atoms. The number of aliphatic imine (C=N–C) groups is 1. The van der Waals surface area contributed by atoms with Crippen LogP contribution in [-0.2, 0) is 6.54 Å². The molecule has 0 saturated heterocycles. The Morgan fingerprint density at radius 2 is 1.70 bits per heavy atom. The maximum atomic E-state index is 9.18. The highest BCUT2D eigenvalue weighted by Gasteiger charge is 1.96. The summed E-state index contributed by atoms with van der Waals surface area (Å²) in [7, 11) is 0. The van der Waals surface area contributed by atoms with Gasteiger partial charge in [-0.25, -0.2) is 4.99 Å². The molecule has 0 aliphatic rings. The number of hydrogen-bond donors (Lipinski definition) is 3. The van der Waals surface area contributed by atoms with Gasteiger partial charge in [-0.3, -0.25) is 0 Å². The van der Waals surface area contributed by atoms with Crippen molar-refractivity contribution in [3.05, 3.63) is 59.7 Å². The van der Waals surface area contributed by atoms with Crippen molar-refractivity contribution in [2.75, 3.05) is 5.32 Å². The molecule has 0 radical (unpaired) electrons. The number of phenolic OH excluding ortho intramolecular Hbond substituents is 1. The second kappa shape index (κ2) is 7.74. The average molecular weight is 383 g/mol. The highest BCUT2D eigenvalue weighted by Crippen LogP contribution is 2.11. The number of rotatable bonds is 3. The van der Waals surface area contributed by atoms with Gasteiger partial charge >= 0.3 is 0 Å². The SMILES string of the molecule is Cc1ccc(NC(N)=NCc2ccc(O)cc2)cc1.I. The molecule has 0 saturated carbocycles. The van der Waals surface area contributed by atoms with Crippen molar-refractivity contribution < 1.29 is 5.11 Å². The Morgan fingerprint density at radius 3 is 2.30 bits per heavy atom. The van der Waals surface area contributed by atoms with Gasteiger partial charge in [-0.1, -0.05) is 29.8 Å². The summed E-state index contributed by atoms with van der Waals surface area (Å²) >= 11 is 0. The fraction of sp³-hybridized carbons (Fsp3) is 0.133. The number of anilines is 1. The van der Waals surface area contributed by atoms with Crippen LogP contribution in [0, 0.1) is 6.92 Å². The van der Waals surface area contributed by atoms with Crippen LogP contribution in [0.2, 0.25) is 0 Å². The highest BCUT2D eigenvalue weighted by atomic mass is 127. The van der Waals surface area contributed by atoms with Crippen LogP contribution in [0.15, 0.2) is 53.5 Å². The number of nitrogens with zero attached hydrogens (tertiary/aromatic N) is 1. The van der Waals surface area contributed by atoms with Gasteiger partial charge in [0, 0.05) is 5.69 Å². The van der Waals surface area contributed by atoms with Crippen molar-refractivity contribution >= 4 is 35.6 Å². The normalized spacial score (nSPS) is 10.8. The quantitative estimate of drug-likeness (QED) is 0.433. The Morgan fingerprint density at radius 1 is 1.10 bits per heavy atom. The van der Waals surface area contributed by atoms with Crippen LogP contribution in [-0.4, -0.2) is 11.1 Å². The van der Waals surface area contributed by atoms with Gasteiger partial charge in [-0.2, -0.15) is 0 Å². The first-order chi connectivity index (χ1) is 9.13. The third kappa shape index (κ3) is 5.08. The Bertz CT molecular complexity index is 565. The minimum atomic E-state index is 0. The summed E-state index contributed by atoms with van der Waals surface area (Å²) in [5, 5.41) is 12.2.